The molecular formula is C7H12N2O2S. The molecule has 0 aliphatic rings. The van der Waals surface area contributed by atoms with E-state index in [0.29, 0.717) is 13.2 Å². The Balaban J connectivity index is 3.54. The molecule has 0 fully saturated rings. The molecule has 0 rings (SSSR count). The second-order valence-corrected chi connectivity index (χ2v) is 2.25. The topological polar surface area (TPSA) is 50.4 Å². The van der Waals surface area contributed by atoms with Crippen molar-refractivity contribution < 1.29 is 9.53 Å². The molecule has 0 heterocycles. The molecule has 0 saturated heterocycles. The van der Waals surface area contributed by atoms with Gasteiger partial charge in [0.1, 0.15) is 0 Å². The largest absolute Gasteiger partial charge is 0.450 e. The number of nitrogens with one attached hydrogen (secondary N) is 2. The van der Waals surface area contributed by atoms with E-state index in [4.69, 9.17) is 12.2 Å². The average Bonchev–Trinajstić information content (AvgIpc) is 2.01. The quantitative estimate of drug-likeness (QED) is 0.508. The van der Waals surface area contributed by atoms with Gasteiger partial charge >= 0.3 is 6.09 Å². The summed E-state index contributed by atoms with van der Waals surface area (Å²) in [5.41, 5.74) is 0. The number of carbonyl (C=O) groups excluding carboxylic acids is 1. The highest BCUT2D eigenvalue weighted by atomic mass is 32.1. The summed E-state index contributed by atoms with van der Waals surface area (Å²) < 4.78 is 4.59. The van der Waals surface area contributed by atoms with Gasteiger partial charge in [-0.05, 0) is 19.1 Å². The molecule has 68 valence electrons. The molecule has 5 heteroatoms. The monoisotopic (exact) mass is 188 g/mol. The number of amides is 1. The van der Waals surface area contributed by atoms with Crippen LogP contribution >= 0.6 is 12.2 Å². The van der Waals surface area contributed by atoms with E-state index in [1.54, 1.807) is 13.0 Å². The van der Waals surface area contributed by atoms with Crippen molar-refractivity contribution in [1.82, 2.24) is 10.6 Å². The van der Waals surface area contributed by atoms with E-state index in [2.05, 4.69) is 21.9 Å². The molecule has 0 atom stereocenters. The van der Waals surface area contributed by atoms with Gasteiger partial charge in [-0.25, -0.2) is 4.79 Å². The summed E-state index contributed by atoms with van der Waals surface area (Å²) in [6, 6.07) is 0. The van der Waals surface area contributed by atoms with E-state index in [0.717, 1.165) is 0 Å². The maximum Gasteiger partial charge on any atom is 0.413 e. The van der Waals surface area contributed by atoms with Gasteiger partial charge in [0.05, 0.1) is 6.61 Å². The van der Waals surface area contributed by atoms with E-state index in [1.807, 2.05) is 0 Å². The summed E-state index contributed by atoms with van der Waals surface area (Å²) in [6.45, 7) is 6.05. The molecule has 1 amide bonds. The minimum atomic E-state index is -0.543. The van der Waals surface area contributed by atoms with Crippen molar-refractivity contribution in [3.8, 4) is 0 Å². The van der Waals surface area contributed by atoms with Crippen molar-refractivity contribution in [1.29, 1.82) is 0 Å². The Morgan fingerprint density at radius 2 is 2.42 bits per heavy atom. The third kappa shape index (κ3) is 5.67. The number of thiocarbonyl (C=S) groups is 1. The highest BCUT2D eigenvalue weighted by Crippen LogP contribution is 1.76. The van der Waals surface area contributed by atoms with Crippen molar-refractivity contribution >= 4 is 23.4 Å². The Hall–Kier alpha value is -1.10. The molecule has 0 spiro atoms. The number of hydrogen-bond acceptors (Lipinski definition) is 3. The van der Waals surface area contributed by atoms with Crippen LogP contribution in [0.2, 0.25) is 0 Å². The lowest BCUT2D eigenvalue weighted by Gasteiger charge is -2.06. The van der Waals surface area contributed by atoms with Crippen LogP contribution in [0.3, 0.4) is 0 Å². The molecule has 0 aliphatic carbocycles. The maximum absolute atomic E-state index is 10.7. The molecule has 0 bridgehead atoms. The fraction of sp³-hybridized carbons (Fsp3) is 0.429. The first-order valence-corrected chi connectivity index (χ1v) is 3.94. The Bertz CT molecular complexity index is 182. The van der Waals surface area contributed by atoms with Crippen LogP contribution in [-0.4, -0.2) is 24.4 Å². The highest BCUT2D eigenvalue weighted by molar-refractivity contribution is 7.80. The van der Waals surface area contributed by atoms with Crippen LogP contribution in [-0.2, 0) is 4.74 Å². The van der Waals surface area contributed by atoms with Gasteiger partial charge in [-0.15, -0.1) is 6.58 Å². The number of ether oxygens (including phenoxy) is 1. The van der Waals surface area contributed by atoms with Crippen LogP contribution in [0.5, 0.6) is 0 Å². The second-order valence-electron chi connectivity index (χ2n) is 1.84. The predicted molar refractivity (Wildman–Crippen MR) is 51.0 cm³/mol. The molecule has 12 heavy (non-hydrogen) atoms. The van der Waals surface area contributed by atoms with Gasteiger partial charge in [-0.1, -0.05) is 6.08 Å². The minimum absolute atomic E-state index is 0.244. The van der Waals surface area contributed by atoms with Gasteiger partial charge in [-0.2, -0.15) is 0 Å². The van der Waals surface area contributed by atoms with Gasteiger partial charge in [0, 0.05) is 6.54 Å². The number of alkyl carbamates (subject to hydrolysis) is 1. The molecular weight excluding hydrogens is 176 g/mol. The number of carbonyl (C=O) groups is 1. The van der Waals surface area contributed by atoms with Crippen molar-refractivity contribution in [2.24, 2.45) is 0 Å². The number of hydrogen-bond donors (Lipinski definition) is 2. The van der Waals surface area contributed by atoms with E-state index >= 15 is 0 Å². The summed E-state index contributed by atoms with van der Waals surface area (Å²) in [5, 5.41) is 5.29. The van der Waals surface area contributed by atoms with E-state index in [-0.39, 0.29) is 5.11 Å². The zero-order chi connectivity index (χ0) is 9.40. The molecule has 0 unspecified atom stereocenters. The second kappa shape index (κ2) is 6.60. The first-order valence-electron chi connectivity index (χ1n) is 3.53. The standard InChI is InChI=1S/C7H12N2O2S/c1-3-5-8-6(12)9-7(10)11-4-2/h3H,1,4-5H2,2H3,(H2,8,9,10,12). The Labute approximate surface area is 77.0 Å². The normalized spacial score (nSPS) is 8.42. The molecule has 0 aromatic carbocycles. The third-order valence-electron chi connectivity index (χ3n) is 0.898. The van der Waals surface area contributed by atoms with Crippen LogP contribution in [0.25, 0.3) is 0 Å². The summed E-state index contributed by atoms with van der Waals surface area (Å²) >= 11 is 4.74. The molecule has 0 aromatic heterocycles. The van der Waals surface area contributed by atoms with Crippen LogP contribution in [0.1, 0.15) is 6.92 Å². The number of rotatable bonds is 3. The predicted octanol–water partition coefficient (Wildman–Crippen LogP) is 0.793. The Morgan fingerprint density at radius 1 is 1.75 bits per heavy atom. The first kappa shape index (κ1) is 10.9. The van der Waals surface area contributed by atoms with Crippen molar-refractivity contribution in [2.45, 2.75) is 6.92 Å². The summed E-state index contributed by atoms with van der Waals surface area (Å²) in [4.78, 5) is 10.7. The molecule has 0 aliphatic heterocycles. The van der Waals surface area contributed by atoms with Gasteiger partial charge < -0.3 is 10.1 Å². The van der Waals surface area contributed by atoms with Gasteiger partial charge in [0.25, 0.3) is 0 Å². The Kier molecular flexibility index (Phi) is 6.00. The zero-order valence-corrected chi connectivity index (χ0v) is 7.74. The van der Waals surface area contributed by atoms with Gasteiger partial charge in [0.15, 0.2) is 5.11 Å². The van der Waals surface area contributed by atoms with Crippen LogP contribution < -0.4 is 10.6 Å². The molecule has 0 radical (unpaired) electrons. The summed E-state index contributed by atoms with van der Waals surface area (Å²) in [6.07, 6.45) is 1.10. The molecule has 2 N–H and O–H groups in total. The van der Waals surface area contributed by atoms with Gasteiger partial charge in [-0.3, -0.25) is 5.32 Å². The van der Waals surface area contributed by atoms with Crippen molar-refractivity contribution in [3.63, 3.8) is 0 Å². The molecule has 0 saturated carbocycles. The summed E-state index contributed by atoms with van der Waals surface area (Å²) in [5.74, 6) is 0. The maximum atomic E-state index is 10.7. The summed E-state index contributed by atoms with van der Waals surface area (Å²) in [7, 11) is 0. The molecule has 0 aromatic rings. The SMILES string of the molecule is C=CCNC(=S)NC(=O)OCC. The van der Waals surface area contributed by atoms with Crippen LogP contribution in [0.15, 0.2) is 12.7 Å². The van der Waals surface area contributed by atoms with Crippen LogP contribution in [0, 0.1) is 0 Å². The molecule has 4 nitrogen and oxygen atoms in total. The minimum Gasteiger partial charge on any atom is -0.450 e. The zero-order valence-electron chi connectivity index (χ0n) is 6.92. The Morgan fingerprint density at radius 3 is 2.92 bits per heavy atom. The van der Waals surface area contributed by atoms with Crippen molar-refractivity contribution in [3.05, 3.63) is 12.7 Å². The van der Waals surface area contributed by atoms with E-state index in [9.17, 15) is 4.79 Å². The fourth-order valence-electron chi connectivity index (χ4n) is 0.469. The lowest BCUT2D eigenvalue weighted by atomic mass is 10.6. The fourth-order valence-corrected chi connectivity index (χ4v) is 0.636. The smallest absolute Gasteiger partial charge is 0.413 e. The third-order valence-corrected chi connectivity index (χ3v) is 1.14. The van der Waals surface area contributed by atoms with Gasteiger partial charge in [0.2, 0.25) is 0 Å². The van der Waals surface area contributed by atoms with E-state index in [1.165, 1.54) is 0 Å². The van der Waals surface area contributed by atoms with E-state index < -0.39 is 6.09 Å². The average molecular weight is 188 g/mol. The first-order chi connectivity index (χ1) is 5.70. The van der Waals surface area contributed by atoms with Crippen molar-refractivity contribution in [2.75, 3.05) is 13.2 Å². The lowest BCUT2D eigenvalue weighted by Crippen LogP contribution is -2.39. The highest BCUT2D eigenvalue weighted by Gasteiger charge is 2.01. The van der Waals surface area contributed by atoms with Crippen LogP contribution in [0.4, 0.5) is 4.79 Å². The lowest BCUT2D eigenvalue weighted by molar-refractivity contribution is 0.157.